The number of benzene rings is 2. The highest BCUT2D eigenvalue weighted by Crippen LogP contribution is 2.34. The fourth-order valence-electron chi connectivity index (χ4n) is 2.55. The first-order chi connectivity index (χ1) is 13.1. The number of amides is 1. The molecular weight excluding hydrogens is 368 g/mol. The third-order valence-corrected chi connectivity index (χ3v) is 4.47. The number of nitrogens with zero attached hydrogens (tertiary/aromatic N) is 2. The number of anilines is 3. The number of hydrogen-bond acceptors (Lipinski definition) is 6. The molecule has 0 fully saturated rings. The summed E-state index contributed by atoms with van der Waals surface area (Å²) in [5.41, 5.74) is 2.63. The van der Waals surface area contributed by atoms with Gasteiger partial charge < -0.3 is 20.1 Å². The molecule has 1 aliphatic heterocycles. The van der Waals surface area contributed by atoms with Gasteiger partial charge in [-0.2, -0.15) is 0 Å². The van der Waals surface area contributed by atoms with Crippen LogP contribution in [0.3, 0.4) is 0 Å². The third kappa shape index (κ3) is 3.63. The zero-order valence-electron chi connectivity index (χ0n) is 14.3. The van der Waals surface area contributed by atoms with Crippen LogP contribution in [0.15, 0.2) is 48.8 Å². The molecule has 2 aromatic carbocycles. The fourth-order valence-corrected chi connectivity index (χ4v) is 2.73. The standard InChI is InChI=1S/C19H15ClN4O3/c1-11-14(20)3-2-4-15(11)24-19-21-8-12(9-22-19)18(25)23-13-5-6-16-17(7-13)27-10-26-16/h2-9H,10H2,1H3,(H,23,25)(H,21,22,24). The van der Waals surface area contributed by atoms with Crippen molar-refractivity contribution in [3.63, 3.8) is 0 Å². The molecule has 4 rings (SSSR count). The van der Waals surface area contributed by atoms with E-state index in [2.05, 4.69) is 20.6 Å². The van der Waals surface area contributed by atoms with Gasteiger partial charge in [0.25, 0.3) is 5.91 Å². The van der Waals surface area contributed by atoms with Gasteiger partial charge in [0.15, 0.2) is 11.5 Å². The number of carbonyl (C=O) groups is 1. The second-order valence-electron chi connectivity index (χ2n) is 5.85. The van der Waals surface area contributed by atoms with Crippen molar-refractivity contribution in [1.29, 1.82) is 0 Å². The summed E-state index contributed by atoms with van der Waals surface area (Å²) in [7, 11) is 0. The lowest BCUT2D eigenvalue weighted by Crippen LogP contribution is -2.13. The number of fused-ring (bicyclic) bond motifs is 1. The van der Waals surface area contributed by atoms with Crippen molar-refractivity contribution in [3.05, 3.63) is 64.9 Å². The lowest BCUT2D eigenvalue weighted by Gasteiger charge is -2.10. The highest BCUT2D eigenvalue weighted by atomic mass is 35.5. The van der Waals surface area contributed by atoms with Gasteiger partial charge in [-0.3, -0.25) is 4.79 Å². The van der Waals surface area contributed by atoms with Gasteiger partial charge in [-0.05, 0) is 36.8 Å². The Hall–Kier alpha value is -3.32. The second kappa shape index (κ2) is 7.13. The summed E-state index contributed by atoms with van der Waals surface area (Å²) in [5, 5.41) is 6.52. The van der Waals surface area contributed by atoms with E-state index in [0.717, 1.165) is 11.3 Å². The van der Waals surface area contributed by atoms with Gasteiger partial charge in [0.2, 0.25) is 12.7 Å². The Morgan fingerprint density at radius 3 is 2.70 bits per heavy atom. The van der Waals surface area contributed by atoms with E-state index in [1.165, 1.54) is 12.4 Å². The predicted molar refractivity (Wildman–Crippen MR) is 102 cm³/mol. The molecule has 3 aromatic rings. The van der Waals surface area contributed by atoms with Crippen LogP contribution >= 0.6 is 11.6 Å². The molecule has 0 saturated heterocycles. The first kappa shape index (κ1) is 17.1. The molecule has 7 nitrogen and oxygen atoms in total. The van der Waals surface area contributed by atoms with Crippen LogP contribution in [0.5, 0.6) is 11.5 Å². The molecule has 0 aliphatic carbocycles. The largest absolute Gasteiger partial charge is 0.454 e. The van der Waals surface area contributed by atoms with E-state index in [1.54, 1.807) is 18.2 Å². The Labute approximate surface area is 160 Å². The molecule has 27 heavy (non-hydrogen) atoms. The Morgan fingerprint density at radius 2 is 1.89 bits per heavy atom. The number of halogens is 1. The van der Waals surface area contributed by atoms with Crippen LogP contribution in [0.25, 0.3) is 0 Å². The van der Waals surface area contributed by atoms with Crippen molar-refractivity contribution in [2.75, 3.05) is 17.4 Å². The topological polar surface area (TPSA) is 85.4 Å². The van der Waals surface area contributed by atoms with Crippen LogP contribution < -0.4 is 20.1 Å². The molecule has 0 atom stereocenters. The molecule has 0 spiro atoms. The molecule has 0 saturated carbocycles. The molecule has 8 heteroatoms. The van der Waals surface area contributed by atoms with E-state index in [4.69, 9.17) is 21.1 Å². The maximum atomic E-state index is 12.4. The summed E-state index contributed by atoms with van der Waals surface area (Å²) in [6, 6.07) is 10.7. The van der Waals surface area contributed by atoms with Gasteiger partial charge in [-0.15, -0.1) is 0 Å². The average Bonchev–Trinajstić information content (AvgIpc) is 3.14. The zero-order chi connectivity index (χ0) is 18.8. The number of carbonyl (C=O) groups excluding carboxylic acids is 1. The van der Waals surface area contributed by atoms with Gasteiger partial charge >= 0.3 is 0 Å². The Morgan fingerprint density at radius 1 is 1.11 bits per heavy atom. The molecule has 2 heterocycles. The third-order valence-electron chi connectivity index (χ3n) is 4.06. The van der Waals surface area contributed by atoms with E-state index in [1.807, 2.05) is 25.1 Å². The molecule has 0 radical (unpaired) electrons. The summed E-state index contributed by atoms with van der Waals surface area (Å²) in [6.45, 7) is 2.08. The van der Waals surface area contributed by atoms with Crippen LogP contribution in [0, 0.1) is 6.92 Å². The summed E-state index contributed by atoms with van der Waals surface area (Å²) < 4.78 is 10.6. The second-order valence-corrected chi connectivity index (χ2v) is 6.26. The van der Waals surface area contributed by atoms with Crippen molar-refractivity contribution in [2.24, 2.45) is 0 Å². The highest BCUT2D eigenvalue weighted by Gasteiger charge is 2.15. The number of ether oxygens (including phenoxy) is 2. The van der Waals surface area contributed by atoms with Crippen molar-refractivity contribution in [2.45, 2.75) is 6.92 Å². The molecule has 0 unspecified atom stereocenters. The van der Waals surface area contributed by atoms with Gasteiger partial charge in [-0.25, -0.2) is 9.97 Å². The number of aromatic nitrogens is 2. The van der Waals surface area contributed by atoms with Crippen LogP contribution in [0.4, 0.5) is 17.3 Å². The zero-order valence-corrected chi connectivity index (χ0v) is 15.1. The maximum absolute atomic E-state index is 12.4. The van der Waals surface area contributed by atoms with Crippen molar-refractivity contribution in [1.82, 2.24) is 9.97 Å². The van der Waals surface area contributed by atoms with Gasteiger partial charge in [0, 0.05) is 34.9 Å². The van der Waals surface area contributed by atoms with Crippen molar-refractivity contribution >= 4 is 34.8 Å². The van der Waals surface area contributed by atoms with E-state index >= 15 is 0 Å². The monoisotopic (exact) mass is 382 g/mol. The lowest BCUT2D eigenvalue weighted by atomic mass is 10.2. The summed E-state index contributed by atoms with van der Waals surface area (Å²) in [6.07, 6.45) is 2.91. The predicted octanol–water partition coefficient (Wildman–Crippen LogP) is 4.16. The maximum Gasteiger partial charge on any atom is 0.258 e. The Kier molecular flexibility index (Phi) is 4.52. The number of nitrogens with one attached hydrogen (secondary N) is 2. The molecule has 2 N–H and O–H groups in total. The summed E-state index contributed by atoms with van der Waals surface area (Å²) in [4.78, 5) is 20.8. The minimum absolute atomic E-state index is 0.182. The first-order valence-corrected chi connectivity index (χ1v) is 8.53. The van der Waals surface area contributed by atoms with Crippen molar-refractivity contribution < 1.29 is 14.3 Å². The molecule has 1 aromatic heterocycles. The molecular formula is C19H15ClN4O3. The average molecular weight is 383 g/mol. The van der Waals surface area contributed by atoms with E-state index in [0.29, 0.717) is 33.7 Å². The van der Waals surface area contributed by atoms with Crippen molar-refractivity contribution in [3.8, 4) is 11.5 Å². The summed E-state index contributed by atoms with van der Waals surface area (Å²) >= 11 is 6.11. The lowest BCUT2D eigenvalue weighted by molar-refractivity contribution is 0.102. The molecule has 136 valence electrons. The first-order valence-electron chi connectivity index (χ1n) is 8.15. The van der Waals surface area contributed by atoms with E-state index < -0.39 is 0 Å². The molecule has 1 aliphatic rings. The smallest absolute Gasteiger partial charge is 0.258 e. The Bertz CT molecular complexity index is 1010. The molecule has 1 amide bonds. The van der Waals surface area contributed by atoms with Gasteiger partial charge in [0.1, 0.15) is 0 Å². The highest BCUT2D eigenvalue weighted by molar-refractivity contribution is 6.31. The summed E-state index contributed by atoms with van der Waals surface area (Å²) in [5.74, 6) is 1.31. The number of rotatable bonds is 4. The normalized spacial score (nSPS) is 11.9. The SMILES string of the molecule is Cc1c(Cl)cccc1Nc1ncc(C(=O)Nc2ccc3c(c2)OCO3)cn1. The van der Waals surface area contributed by atoms with Gasteiger partial charge in [-0.1, -0.05) is 17.7 Å². The molecule has 0 bridgehead atoms. The minimum Gasteiger partial charge on any atom is -0.454 e. The quantitative estimate of drug-likeness (QED) is 0.704. The van der Waals surface area contributed by atoms with E-state index in [9.17, 15) is 4.79 Å². The van der Waals surface area contributed by atoms with Gasteiger partial charge in [0.05, 0.1) is 5.56 Å². The van der Waals surface area contributed by atoms with Crippen LogP contribution in [0.1, 0.15) is 15.9 Å². The van der Waals surface area contributed by atoms with Crippen LogP contribution in [-0.4, -0.2) is 22.7 Å². The number of hydrogen-bond donors (Lipinski definition) is 2. The Balaban J connectivity index is 1.45. The fraction of sp³-hybridized carbons (Fsp3) is 0.105. The van der Waals surface area contributed by atoms with E-state index in [-0.39, 0.29) is 12.7 Å². The minimum atomic E-state index is -0.320. The van der Waals surface area contributed by atoms with Crippen LogP contribution in [-0.2, 0) is 0 Å². The van der Waals surface area contributed by atoms with Crippen LogP contribution in [0.2, 0.25) is 5.02 Å².